The molecule has 0 amide bonds. The Kier molecular flexibility index (Phi) is 17.6. The highest BCUT2D eigenvalue weighted by Crippen LogP contribution is 2.51. The van der Waals surface area contributed by atoms with E-state index < -0.39 is 37.4 Å². The number of rotatable bonds is 24. The Labute approximate surface area is 354 Å². The summed E-state index contributed by atoms with van der Waals surface area (Å²) in [5.41, 5.74) is 2.16. The van der Waals surface area contributed by atoms with Crippen LogP contribution in [-0.4, -0.2) is 116 Å². The van der Waals surface area contributed by atoms with Crippen LogP contribution < -0.4 is 14.8 Å². The molecule has 0 bridgehead atoms. The van der Waals surface area contributed by atoms with Crippen molar-refractivity contribution in [1.29, 1.82) is 0 Å². The van der Waals surface area contributed by atoms with E-state index in [1.807, 2.05) is 61.2 Å². The van der Waals surface area contributed by atoms with Crippen LogP contribution in [0.1, 0.15) is 77.2 Å². The molecule has 1 atom stereocenters. The van der Waals surface area contributed by atoms with Crippen molar-refractivity contribution in [2.75, 3.05) is 83.6 Å². The van der Waals surface area contributed by atoms with Gasteiger partial charge in [0.25, 0.3) is 20.2 Å². The molecule has 1 aromatic carbocycles. The van der Waals surface area contributed by atoms with Crippen molar-refractivity contribution in [3.05, 3.63) is 82.6 Å². The maximum absolute atomic E-state index is 12.3. The lowest BCUT2D eigenvalue weighted by molar-refractivity contribution is -0.137. The normalized spacial score (nSPS) is 17.3. The number of fused-ring (bicyclic) bond motifs is 2. The van der Waals surface area contributed by atoms with Gasteiger partial charge in [-0.2, -0.15) is 16.8 Å². The van der Waals surface area contributed by atoms with Gasteiger partial charge in [-0.25, -0.2) is 4.58 Å². The van der Waals surface area contributed by atoms with Gasteiger partial charge < -0.3 is 33.4 Å². The predicted octanol–water partition coefficient (Wildman–Crippen LogP) is 5.62. The van der Waals surface area contributed by atoms with Crippen molar-refractivity contribution in [2.45, 2.75) is 76.0 Å². The largest absolute Gasteiger partial charge is 0.481 e. The van der Waals surface area contributed by atoms with Crippen molar-refractivity contribution in [3.63, 3.8) is 0 Å². The Morgan fingerprint density at radius 1 is 0.917 bits per heavy atom. The van der Waals surface area contributed by atoms with E-state index in [1.165, 1.54) is 12.1 Å². The number of anilines is 1. The minimum absolute atomic E-state index is 0.0440. The molecule has 60 heavy (non-hydrogen) atoms. The zero-order valence-corrected chi connectivity index (χ0v) is 37.1. The highest BCUT2D eigenvalue weighted by Gasteiger charge is 2.43. The van der Waals surface area contributed by atoms with Crippen molar-refractivity contribution < 1.29 is 59.2 Å². The number of allylic oxidation sites excluding steroid dienone is 3. The third-order valence-electron chi connectivity index (χ3n) is 10.3. The molecule has 0 fully saturated rings. The Morgan fingerprint density at radius 3 is 2.22 bits per heavy atom. The molecule has 17 heteroatoms. The van der Waals surface area contributed by atoms with Crippen LogP contribution in [0.4, 0.5) is 5.69 Å². The number of carboxylic acids is 1. The average molecular weight is 878 g/mol. The van der Waals surface area contributed by atoms with Gasteiger partial charge in [-0.15, -0.1) is 0 Å². The van der Waals surface area contributed by atoms with Crippen LogP contribution in [0.5, 0.6) is 0 Å². The first-order valence-electron chi connectivity index (χ1n) is 20.1. The summed E-state index contributed by atoms with van der Waals surface area (Å²) in [6.45, 7) is 14.9. The number of hydrogen-bond donors (Lipinski definition) is 3. The molecule has 2 heterocycles. The molecule has 0 saturated carbocycles. The lowest BCUT2D eigenvalue weighted by Gasteiger charge is -2.30. The molecule has 1 aliphatic carbocycles. The quantitative estimate of drug-likeness (QED) is 0.0568. The first-order valence-corrected chi connectivity index (χ1v) is 23.2. The molecule has 1 aromatic rings. The van der Waals surface area contributed by atoms with Crippen molar-refractivity contribution in [1.82, 2.24) is 4.58 Å². The second kappa shape index (κ2) is 21.7. The minimum Gasteiger partial charge on any atom is -0.481 e. The van der Waals surface area contributed by atoms with Crippen LogP contribution in [0, 0.1) is 0 Å². The Morgan fingerprint density at radius 2 is 1.60 bits per heavy atom. The fourth-order valence-electron chi connectivity index (χ4n) is 7.17. The zero-order valence-electron chi connectivity index (χ0n) is 35.5. The molecular weight excluding hydrogens is 817 g/mol. The molecule has 3 aliphatic rings. The maximum atomic E-state index is 12.3. The van der Waals surface area contributed by atoms with Crippen LogP contribution in [0.2, 0.25) is 0 Å². The predicted molar refractivity (Wildman–Crippen MR) is 230 cm³/mol. The summed E-state index contributed by atoms with van der Waals surface area (Å²) in [6.07, 6.45) is 6.11. The van der Waals surface area contributed by atoms with Gasteiger partial charge in [-0.05, 0) is 80.6 Å². The molecule has 0 radical (unpaired) electrons. The van der Waals surface area contributed by atoms with Crippen LogP contribution in [0.25, 0.3) is 17.4 Å². The van der Waals surface area contributed by atoms with Crippen molar-refractivity contribution in [3.8, 4) is 11.3 Å². The molecule has 3 N–H and O–H groups in total. The maximum Gasteiger partial charge on any atom is 0.303 e. The SMILES string of the molecule is CCOCCOCC[N+](CCOCCOC)=c1ccc2c(/C=C/C=C3\N(CCCS(=O)(=O)O)c4ccc(S(=O)(=O)O)cc4C3(C)CCCC(=O)O)cc(C(C)(C)C)oc-2c1. The van der Waals surface area contributed by atoms with Crippen LogP contribution in [0.15, 0.2) is 69.6 Å². The molecule has 1 unspecified atom stereocenters. The van der Waals surface area contributed by atoms with Gasteiger partial charge in [-0.3, -0.25) is 13.9 Å². The van der Waals surface area contributed by atoms with E-state index in [0.29, 0.717) is 88.5 Å². The molecule has 0 aromatic heterocycles. The minimum atomic E-state index is -4.59. The summed E-state index contributed by atoms with van der Waals surface area (Å²) in [5, 5.41) is 10.4. The van der Waals surface area contributed by atoms with Gasteiger partial charge in [0.2, 0.25) is 5.36 Å². The number of benzene rings is 2. The van der Waals surface area contributed by atoms with E-state index in [-0.39, 0.29) is 36.1 Å². The standard InChI is InChI=1S/C43H60N2O13S2/c1-7-55-26-27-57-23-21-44(20-22-56-25-24-54-6)33-14-16-35-32(29-40(42(2,3)4)58-38(35)30-33)11-8-12-39-43(5,18-9-13-41(46)47)36-31-34(60(51,52)53)15-17-37(36)45(39)19-10-28-59(48,49)50/h8,11-12,14-17,29-31H,7,9-10,13,18-28H2,1-6H3,(H2-,46,47,48,49,50,51,52,53)/p+1. The van der Waals surface area contributed by atoms with E-state index in [9.17, 15) is 35.8 Å². The number of nitrogens with zero attached hydrogens (tertiary/aromatic N) is 2. The van der Waals surface area contributed by atoms with E-state index in [0.717, 1.165) is 22.2 Å². The second-order valence-corrected chi connectivity index (χ2v) is 18.8. The van der Waals surface area contributed by atoms with Gasteiger partial charge in [0, 0.05) is 60.5 Å². The molecule has 332 valence electrons. The van der Waals surface area contributed by atoms with Crippen molar-refractivity contribution >= 4 is 38.0 Å². The number of carbonyl (C=O) groups is 1. The highest BCUT2D eigenvalue weighted by molar-refractivity contribution is 7.86. The van der Waals surface area contributed by atoms with Gasteiger partial charge in [0.05, 0.1) is 43.1 Å². The third kappa shape index (κ3) is 13.8. The number of aliphatic carboxylic acids is 1. The summed E-state index contributed by atoms with van der Waals surface area (Å²) >= 11 is 0. The fourth-order valence-corrected chi connectivity index (χ4v) is 8.17. The smallest absolute Gasteiger partial charge is 0.303 e. The van der Waals surface area contributed by atoms with E-state index >= 15 is 0 Å². The first-order chi connectivity index (χ1) is 28.3. The topological polar surface area (TPSA) is 202 Å². The number of methoxy groups -OCH3 is 1. The van der Waals surface area contributed by atoms with Gasteiger partial charge in [0.15, 0.2) is 13.1 Å². The van der Waals surface area contributed by atoms with Gasteiger partial charge in [0.1, 0.15) is 24.7 Å². The van der Waals surface area contributed by atoms with Gasteiger partial charge >= 0.3 is 5.97 Å². The van der Waals surface area contributed by atoms with Crippen LogP contribution >= 0.6 is 0 Å². The summed E-state index contributed by atoms with van der Waals surface area (Å²) in [7, 11) is -7.23. The van der Waals surface area contributed by atoms with E-state index in [4.69, 9.17) is 23.4 Å². The van der Waals surface area contributed by atoms with Gasteiger partial charge in [-0.1, -0.05) is 32.9 Å². The number of ether oxygens (including phenoxy) is 4. The number of hydrogen-bond acceptors (Lipinski definition) is 11. The highest BCUT2D eigenvalue weighted by atomic mass is 32.2. The Bertz CT molecular complexity index is 2240. The lowest BCUT2D eigenvalue weighted by Crippen LogP contribution is -2.36. The second-order valence-electron chi connectivity index (χ2n) is 15.8. The summed E-state index contributed by atoms with van der Waals surface area (Å²) in [6, 6.07) is 12.2. The average Bonchev–Trinajstić information content (AvgIpc) is 3.39. The zero-order chi connectivity index (χ0) is 44.1. The lowest BCUT2D eigenvalue weighted by atomic mass is 9.77. The first kappa shape index (κ1) is 48.7. The number of carboxylic acid groups (broad SMARTS) is 1. The Balaban J connectivity index is 1.84. The third-order valence-corrected chi connectivity index (χ3v) is 11.9. The molecule has 0 saturated heterocycles. The van der Waals surface area contributed by atoms with Crippen LogP contribution in [0.3, 0.4) is 0 Å². The molecule has 0 spiro atoms. The van der Waals surface area contributed by atoms with E-state index in [2.05, 4.69) is 25.3 Å². The van der Waals surface area contributed by atoms with E-state index in [1.54, 1.807) is 13.2 Å². The van der Waals surface area contributed by atoms with Crippen LogP contribution in [-0.2, 0) is 54.8 Å². The summed E-state index contributed by atoms with van der Waals surface area (Å²) in [5.74, 6) is -0.0879. The molecule has 4 rings (SSSR count). The molecule has 2 aliphatic heterocycles. The Hall–Kier alpha value is -3.94. The fraction of sp³-hybridized carbons (Fsp3) is 0.535. The summed E-state index contributed by atoms with van der Waals surface area (Å²) in [4.78, 5) is 13.1. The molecular formula is C43H61N2O13S2+. The monoisotopic (exact) mass is 877 g/mol. The van der Waals surface area contributed by atoms with Crippen molar-refractivity contribution in [2.24, 2.45) is 0 Å². The summed E-state index contributed by atoms with van der Waals surface area (Å²) < 4.78 is 98.4. The molecule has 15 nitrogen and oxygen atoms in total.